The molecule has 1 saturated heterocycles. The van der Waals surface area contributed by atoms with Crippen LogP contribution in [0.3, 0.4) is 0 Å². The number of phenols is 1. The molecule has 0 radical (unpaired) electrons. The van der Waals surface area contributed by atoms with Gasteiger partial charge < -0.3 is 21.5 Å². The summed E-state index contributed by atoms with van der Waals surface area (Å²) in [7, 11) is 0. The Balaban J connectivity index is 2.34. The maximum absolute atomic E-state index is 9.41. The summed E-state index contributed by atoms with van der Waals surface area (Å²) in [6.45, 7) is 2.09. The molecule has 1 aromatic carbocycles. The van der Waals surface area contributed by atoms with Crippen LogP contribution in [-0.2, 0) is 0 Å². The second-order valence-corrected chi connectivity index (χ2v) is 3.67. The quantitative estimate of drug-likeness (QED) is 0.462. The van der Waals surface area contributed by atoms with Gasteiger partial charge in [0.1, 0.15) is 0 Å². The molecule has 5 N–H and O–H groups in total. The summed E-state index contributed by atoms with van der Waals surface area (Å²) in [5.41, 5.74) is 13.0. The van der Waals surface area contributed by atoms with Crippen molar-refractivity contribution >= 4 is 17.1 Å². The van der Waals surface area contributed by atoms with E-state index in [1.807, 2.05) is 0 Å². The van der Waals surface area contributed by atoms with Gasteiger partial charge in [0.05, 0.1) is 11.4 Å². The van der Waals surface area contributed by atoms with Gasteiger partial charge in [0, 0.05) is 18.8 Å². The molecule has 0 amide bonds. The molecule has 0 atom stereocenters. The third kappa shape index (κ3) is 1.43. The molecule has 1 aromatic rings. The zero-order valence-corrected chi connectivity index (χ0v) is 8.03. The minimum absolute atomic E-state index is 0.00653. The average Bonchev–Trinajstić information content (AvgIpc) is 2.66. The standard InChI is InChI=1S/C10H15N3O/c11-8-5-7(6-9(12)10(8)14)13-3-1-2-4-13/h5-6,14H,1-4,11-12H2. The predicted molar refractivity (Wildman–Crippen MR) is 58.4 cm³/mol. The first-order chi connectivity index (χ1) is 6.68. The van der Waals surface area contributed by atoms with Crippen molar-refractivity contribution in [2.75, 3.05) is 29.5 Å². The van der Waals surface area contributed by atoms with Crippen molar-refractivity contribution in [1.29, 1.82) is 0 Å². The number of aromatic hydroxyl groups is 1. The third-order valence-electron chi connectivity index (χ3n) is 2.62. The monoisotopic (exact) mass is 193 g/mol. The van der Waals surface area contributed by atoms with E-state index in [-0.39, 0.29) is 5.75 Å². The van der Waals surface area contributed by atoms with E-state index in [4.69, 9.17) is 11.5 Å². The maximum Gasteiger partial charge on any atom is 0.161 e. The van der Waals surface area contributed by atoms with Gasteiger partial charge in [-0.15, -0.1) is 0 Å². The van der Waals surface area contributed by atoms with E-state index in [0.717, 1.165) is 18.8 Å². The van der Waals surface area contributed by atoms with Crippen LogP contribution in [0.1, 0.15) is 12.8 Å². The molecular formula is C10H15N3O. The Morgan fingerprint density at radius 2 is 1.57 bits per heavy atom. The maximum atomic E-state index is 9.41. The van der Waals surface area contributed by atoms with Gasteiger partial charge in [-0.2, -0.15) is 0 Å². The Bertz CT molecular complexity index is 322. The van der Waals surface area contributed by atoms with Gasteiger partial charge in [0.2, 0.25) is 0 Å². The third-order valence-corrected chi connectivity index (χ3v) is 2.62. The Morgan fingerprint density at radius 3 is 2.07 bits per heavy atom. The van der Waals surface area contributed by atoms with E-state index in [0.29, 0.717) is 11.4 Å². The lowest BCUT2D eigenvalue weighted by atomic mass is 10.2. The van der Waals surface area contributed by atoms with Gasteiger partial charge in [-0.05, 0) is 25.0 Å². The Morgan fingerprint density at radius 1 is 1.07 bits per heavy atom. The summed E-state index contributed by atoms with van der Waals surface area (Å²) < 4.78 is 0. The van der Waals surface area contributed by atoms with Gasteiger partial charge in [0.25, 0.3) is 0 Å². The number of hydrogen-bond donors (Lipinski definition) is 3. The number of hydrogen-bond acceptors (Lipinski definition) is 4. The smallest absolute Gasteiger partial charge is 0.161 e. The van der Waals surface area contributed by atoms with Crippen LogP contribution < -0.4 is 16.4 Å². The summed E-state index contributed by atoms with van der Waals surface area (Å²) >= 11 is 0. The number of anilines is 3. The van der Waals surface area contributed by atoms with E-state index in [9.17, 15) is 5.11 Å². The van der Waals surface area contributed by atoms with Crippen LogP contribution in [0.4, 0.5) is 17.1 Å². The predicted octanol–water partition coefficient (Wildman–Crippen LogP) is 1.16. The second-order valence-electron chi connectivity index (χ2n) is 3.67. The first-order valence-electron chi connectivity index (χ1n) is 4.81. The largest absolute Gasteiger partial charge is 0.504 e. The molecule has 2 rings (SSSR count). The lowest BCUT2D eigenvalue weighted by Crippen LogP contribution is -2.17. The van der Waals surface area contributed by atoms with E-state index >= 15 is 0 Å². The minimum atomic E-state index is -0.00653. The second kappa shape index (κ2) is 3.29. The van der Waals surface area contributed by atoms with E-state index in [1.165, 1.54) is 12.8 Å². The number of nitrogens with two attached hydrogens (primary N) is 2. The molecule has 1 aliphatic heterocycles. The van der Waals surface area contributed by atoms with Crippen molar-refractivity contribution in [3.8, 4) is 5.75 Å². The lowest BCUT2D eigenvalue weighted by Gasteiger charge is -2.19. The van der Waals surface area contributed by atoms with Gasteiger partial charge >= 0.3 is 0 Å². The molecule has 0 spiro atoms. The fourth-order valence-electron chi connectivity index (χ4n) is 1.82. The van der Waals surface area contributed by atoms with Crippen molar-refractivity contribution in [3.63, 3.8) is 0 Å². The normalized spacial score (nSPS) is 16.1. The number of rotatable bonds is 1. The summed E-state index contributed by atoms with van der Waals surface area (Å²) in [4.78, 5) is 2.23. The topological polar surface area (TPSA) is 75.5 Å². The van der Waals surface area contributed by atoms with Crippen LogP contribution in [0.5, 0.6) is 5.75 Å². The van der Waals surface area contributed by atoms with Crippen LogP contribution in [0.25, 0.3) is 0 Å². The van der Waals surface area contributed by atoms with Crippen LogP contribution in [0, 0.1) is 0 Å². The van der Waals surface area contributed by atoms with Crippen molar-refractivity contribution in [1.82, 2.24) is 0 Å². The van der Waals surface area contributed by atoms with E-state index in [1.54, 1.807) is 12.1 Å². The van der Waals surface area contributed by atoms with Gasteiger partial charge in [-0.1, -0.05) is 0 Å². The molecule has 4 nitrogen and oxygen atoms in total. The molecule has 0 aliphatic carbocycles. The number of benzene rings is 1. The summed E-state index contributed by atoms with van der Waals surface area (Å²) in [6, 6.07) is 3.55. The highest BCUT2D eigenvalue weighted by Crippen LogP contribution is 2.33. The molecule has 14 heavy (non-hydrogen) atoms. The summed E-state index contributed by atoms with van der Waals surface area (Å²) in [5.74, 6) is -0.00653. The van der Waals surface area contributed by atoms with Crippen molar-refractivity contribution in [2.24, 2.45) is 0 Å². The fourth-order valence-corrected chi connectivity index (χ4v) is 1.82. The molecule has 1 fully saturated rings. The van der Waals surface area contributed by atoms with E-state index < -0.39 is 0 Å². The number of nitrogens with zero attached hydrogens (tertiary/aromatic N) is 1. The first-order valence-corrected chi connectivity index (χ1v) is 4.81. The highest BCUT2D eigenvalue weighted by atomic mass is 16.3. The number of nitrogen functional groups attached to an aromatic ring is 2. The fraction of sp³-hybridized carbons (Fsp3) is 0.400. The van der Waals surface area contributed by atoms with Crippen molar-refractivity contribution in [3.05, 3.63) is 12.1 Å². The van der Waals surface area contributed by atoms with Crippen LogP contribution >= 0.6 is 0 Å². The molecule has 0 unspecified atom stereocenters. The first kappa shape index (κ1) is 8.99. The molecule has 76 valence electrons. The zero-order valence-electron chi connectivity index (χ0n) is 8.03. The Labute approximate surface area is 83.1 Å². The molecule has 0 aromatic heterocycles. The van der Waals surface area contributed by atoms with Crippen molar-refractivity contribution < 1.29 is 5.11 Å². The van der Waals surface area contributed by atoms with Crippen LogP contribution in [-0.4, -0.2) is 18.2 Å². The Hall–Kier alpha value is -1.58. The SMILES string of the molecule is Nc1cc(N2CCCC2)cc(N)c1O. The minimum Gasteiger partial charge on any atom is -0.504 e. The molecular weight excluding hydrogens is 178 g/mol. The van der Waals surface area contributed by atoms with Gasteiger partial charge in [0.15, 0.2) is 5.75 Å². The highest BCUT2D eigenvalue weighted by molar-refractivity contribution is 5.74. The molecule has 1 aliphatic rings. The molecule has 0 bridgehead atoms. The molecule has 1 heterocycles. The molecule has 4 heteroatoms. The lowest BCUT2D eigenvalue weighted by molar-refractivity contribution is 0.480. The highest BCUT2D eigenvalue weighted by Gasteiger charge is 2.14. The van der Waals surface area contributed by atoms with Crippen LogP contribution in [0.2, 0.25) is 0 Å². The van der Waals surface area contributed by atoms with Gasteiger partial charge in [-0.25, -0.2) is 0 Å². The Kier molecular flexibility index (Phi) is 2.11. The molecule has 0 saturated carbocycles. The average molecular weight is 193 g/mol. The van der Waals surface area contributed by atoms with E-state index in [2.05, 4.69) is 4.90 Å². The number of phenolic OH excluding ortho intramolecular Hbond substituents is 1. The summed E-state index contributed by atoms with van der Waals surface area (Å²) in [6.07, 6.45) is 2.42. The van der Waals surface area contributed by atoms with Crippen molar-refractivity contribution in [2.45, 2.75) is 12.8 Å². The summed E-state index contributed by atoms with van der Waals surface area (Å²) in [5, 5.41) is 9.41. The van der Waals surface area contributed by atoms with Crippen LogP contribution in [0.15, 0.2) is 12.1 Å². The van der Waals surface area contributed by atoms with Gasteiger partial charge in [-0.3, -0.25) is 0 Å². The zero-order chi connectivity index (χ0) is 10.1.